The predicted molar refractivity (Wildman–Crippen MR) is 72.0 cm³/mol. The number of rotatable bonds is 5. The normalized spacial score (nSPS) is 25.5. The number of aromatic nitrogens is 3. The number of piperidine rings is 1. The smallest absolute Gasteiger partial charge is 0.141 e. The van der Waals surface area contributed by atoms with Gasteiger partial charge >= 0.3 is 0 Å². The third-order valence-corrected chi connectivity index (χ3v) is 3.92. The lowest BCUT2D eigenvalue weighted by atomic mass is 9.96. The molecule has 0 spiro atoms. The second-order valence-electron chi connectivity index (χ2n) is 5.24. The van der Waals surface area contributed by atoms with Gasteiger partial charge in [-0.25, -0.2) is 9.67 Å². The first kappa shape index (κ1) is 13.5. The maximum Gasteiger partial charge on any atom is 0.141 e. The van der Waals surface area contributed by atoms with Crippen molar-refractivity contribution in [2.75, 3.05) is 6.54 Å². The molecule has 1 saturated heterocycles. The Kier molecular flexibility index (Phi) is 4.72. The fourth-order valence-electron chi connectivity index (χ4n) is 2.85. The Hall–Kier alpha value is -0.940. The van der Waals surface area contributed by atoms with Crippen molar-refractivity contribution in [3.05, 3.63) is 12.2 Å². The SMILES string of the molecule is CCCn1ncnc1CN1C(C)CCCC1CN. The molecule has 2 unspecified atom stereocenters. The summed E-state index contributed by atoms with van der Waals surface area (Å²) in [6.45, 7) is 7.03. The lowest BCUT2D eigenvalue weighted by Crippen LogP contribution is -2.48. The highest BCUT2D eigenvalue weighted by Gasteiger charge is 2.27. The zero-order chi connectivity index (χ0) is 13.0. The van der Waals surface area contributed by atoms with E-state index < -0.39 is 0 Å². The van der Waals surface area contributed by atoms with Crippen LogP contribution in [-0.4, -0.2) is 38.3 Å². The Bertz CT molecular complexity index is 362. The molecule has 5 nitrogen and oxygen atoms in total. The van der Waals surface area contributed by atoms with Gasteiger partial charge < -0.3 is 5.73 Å². The lowest BCUT2D eigenvalue weighted by Gasteiger charge is -2.39. The molecule has 2 rings (SSSR count). The van der Waals surface area contributed by atoms with E-state index >= 15 is 0 Å². The topological polar surface area (TPSA) is 60.0 Å². The van der Waals surface area contributed by atoms with Gasteiger partial charge in [-0.05, 0) is 26.2 Å². The number of nitrogens with zero attached hydrogens (tertiary/aromatic N) is 4. The Labute approximate surface area is 109 Å². The Morgan fingerprint density at radius 2 is 2.28 bits per heavy atom. The van der Waals surface area contributed by atoms with Gasteiger partial charge in [-0.3, -0.25) is 4.90 Å². The molecule has 0 bridgehead atoms. The summed E-state index contributed by atoms with van der Waals surface area (Å²) in [7, 11) is 0. The first-order chi connectivity index (χ1) is 8.76. The van der Waals surface area contributed by atoms with Gasteiger partial charge in [0, 0.05) is 25.2 Å². The van der Waals surface area contributed by atoms with Crippen LogP contribution in [0.4, 0.5) is 0 Å². The summed E-state index contributed by atoms with van der Waals surface area (Å²) < 4.78 is 2.02. The molecule has 18 heavy (non-hydrogen) atoms. The van der Waals surface area contributed by atoms with Gasteiger partial charge in [0.25, 0.3) is 0 Å². The maximum absolute atomic E-state index is 5.90. The van der Waals surface area contributed by atoms with Crippen molar-refractivity contribution >= 4 is 0 Å². The zero-order valence-electron chi connectivity index (χ0n) is 11.5. The summed E-state index contributed by atoms with van der Waals surface area (Å²) in [4.78, 5) is 6.90. The average Bonchev–Trinajstić information content (AvgIpc) is 2.80. The minimum Gasteiger partial charge on any atom is -0.329 e. The van der Waals surface area contributed by atoms with Crippen molar-refractivity contribution in [1.29, 1.82) is 0 Å². The first-order valence-electron chi connectivity index (χ1n) is 7.08. The van der Waals surface area contributed by atoms with Crippen LogP contribution in [0.2, 0.25) is 0 Å². The molecule has 0 amide bonds. The van der Waals surface area contributed by atoms with Crippen LogP contribution in [0.25, 0.3) is 0 Å². The number of hydrogen-bond donors (Lipinski definition) is 1. The van der Waals surface area contributed by atoms with E-state index in [0.717, 1.165) is 31.9 Å². The molecular formula is C13H25N5. The molecule has 5 heteroatoms. The van der Waals surface area contributed by atoms with Crippen molar-refractivity contribution in [3.8, 4) is 0 Å². The average molecular weight is 251 g/mol. The highest BCUT2D eigenvalue weighted by Crippen LogP contribution is 2.23. The van der Waals surface area contributed by atoms with Crippen molar-refractivity contribution in [3.63, 3.8) is 0 Å². The molecule has 0 saturated carbocycles. The number of hydrogen-bond acceptors (Lipinski definition) is 4. The van der Waals surface area contributed by atoms with Gasteiger partial charge in [-0.2, -0.15) is 5.10 Å². The zero-order valence-corrected chi connectivity index (χ0v) is 11.5. The number of aryl methyl sites for hydroxylation is 1. The van der Waals surface area contributed by atoms with E-state index in [-0.39, 0.29) is 0 Å². The monoisotopic (exact) mass is 251 g/mol. The molecule has 2 atom stereocenters. The third kappa shape index (κ3) is 2.90. The predicted octanol–water partition coefficient (Wildman–Crippen LogP) is 1.39. The molecule has 0 radical (unpaired) electrons. The largest absolute Gasteiger partial charge is 0.329 e. The van der Waals surface area contributed by atoms with Crippen molar-refractivity contribution in [2.45, 2.75) is 64.7 Å². The minimum atomic E-state index is 0.500. The highest BCUT2D eigenvalue weighted by molar-refractivity contribution is 4.90. The molecular weight excluding hydrogens is 226 g/mol. The van der Waals surface area contributed by atoms with E-state index in [0.29, 0.717) is 12.1 Å². The van der Waals surface area contributed by atoms with E-state index in [2.05, 4.69) is 28.8 Å². The quantitative estimate of drug-likeness (QED) is 0.859. The lowest BCUT2D eigenvalue weighted by molar-refractivity contribution is 0.0845. The van der Waals surface area contributed by atoms with Crippen molar-refractivity contribution in [1.82, 2.24) is 19.7 Å². The van der Waals surface area contributed by atoms with Gasteiger partial charge in [-0.1, -0.05) is 13.3 Å². The van der Waals surface area contributed by atoms with Crippen LogP contribution in [0.5, 0.6) is 0 Å². The van der Waals surface area contributed by atoms with Gasteiger partial charge in [0.05, 0.1) is 6.54 Å². The second-order valence-corrected chi connectivity index (χ2v) is 5.24. The van der Waals surface area contributed by atoms with E-state index in [4.69, 9.17) is 5.73 Å². The minimum absolute atomic E-state index is 0.500. The van der Waals surface area contributed by atoms with Crippen molar-refractivity contribution < 1.29 is 0 Å². The van der Waals surface area contributed by atoms with E-state index in [1.54, 1.807) is 6.33 Å². The van der Waals surface area contributed by atoms with Crippen LogP contribution in [0.1, 0.15) is 45.4 Å². The molecule has 1 aliphatic rings. The van der Waals surface area contributed by atoms with Crippen LogP contribution in [0.3, 0.4) is 0 Å². The summed E-state index contributed by atoms with van der Waals surface area (Å²) in [5, 5.41) is 4.29. The molecule has 2 N–H and O–H groups in total. The number of nitrogens with two attached hydrogens (primary N) is 1. The van der Waals surface area contributed by atoms with E-state index in [1.807, 2.05) is 4.68 Å². The van der Waals surface area contributed by atoms with Gasteiger partial charge in [0.1, 0.15) is 12.2 Å². The molecule has 2 heterocycles. The van der Waals surface area contributed by atoms with Gasteiger partial charge in [0.15, 0.2) is 0 Å². The van der Waals surface area contributed by atoms with Crippen molar-refractivity contribution in [2.24, 2.45) is 5.73 Å². The maximum atomic E-state index is 5.90. The van der Waals surface area contributed by atoms with E-state index in [9.17, 15) is 0 Å². The van der Waals surface area contributed by atoms with E-state index in [1.165, 1.54) is 19.3 Å². The Morgan fingerprint density at radius 3 is 3.00 bits per heavy atom. The standard InChI is InChI=1S/C13H25N5/c1-3-7-18-13(15-10-16-18)9-17-11(2)5-4-6-12(17)8-14/h10-12H,3-9,14H2,1-2H3. The molecule has 1 aromatic rings. The summed E-state index contributed by atoms with van der Waals surface area (Å²) in [5.74, 6) is 1.07. The van der Waals surface area contributed by atoms with Crippen LogP contribution in [-0.2, 0) is 13.1 Å². The molecule has 1 fully saturated rings. The second kappa shape index (κ2) is 6.29. The Morgan fingerprint density at radius 1 is 1.44 bits per heavy atom. The molecule has 1 aromatic heterocycles. The molecule has 102 valence electrons. The number of likely N-dealkylation sites (tertiary alicyclic amines) is 1. The van der Waals surface area contributed by atoms with Gasteiger partial charge in [-0.15, -0.1) is 0 Å². The fourth-order valence-corrected chi connectivity index (χ4v) is 2.85. The summed E-state index contributed by atoms with van der Waals surface area (Å²) in [5.41, 5.74) is 5.90. The fraction of sp³-hybridized carbons (Fsp3) is 0.846. The Balaban J connectivity index is 2.07. The molecule has 0 aromatic carbocycles. The third-order valence-electron chi connectivity index (χ3n) is 3.92. The first-order valence-corrected chi connectivity index (χ1v) is 7.08. The summed E-state index contributed by atoms with van der Waals surface area (Å²) in [6, 6.07) is 1.10. The molecule has 0 aliphatic carbocycles. The molecule has 1 aliphatic heterocycles. The highest BCUT2D eigenvalue weighted by atomic mass is 15.4. The summed E-state index contributed by atoms with van der Waals surface area (Å²) >= 11 is 0. The summed E-state index contributed by atoms with van der Waals surface area (Å²) in [6.07, 6.45) is 6.52. The van der Waals surface area contributed by atoms with Gasteiger partial charge in [0.2, 0.25) is 0 Å². The van der Waals surface area contributed by atoms with Crippen LogP contribution < -0.4 is 5.73 Å². The van der Waals surface area contributed by atoms with Crippen LogP contribution >= 0.6 is 0 Å². The van der Waals surface area contributed by atoms with Crippen LogP contribution in [0.15, 0.2) is 6.33 Å². The van der Waals surface area contributed by atoms with Crippen LogP contribution in [0, 0.1) is 0 Å².